The number of ether oxygens (including phenoxy) is 1. The summed E-state index contributed by atoms with van der Waals surface area (Å²) in [6.45, 7) is 3.03. The second kappa shape index (κ2) is 6.12. The molecule has 26 heavy (non-hydrogen) atoms. The average molecular weight is 356 g/mol. The van der Waals surface area contributed by atoms with Gasteiger partial charge in [0.15, 0.2) is 0 Å². The summed E-state index contributed by atoms with van der Waals surface area (Å²) in [5.41, 5.74) is -0.222. The molecular formula is C18H20N4O4. The van der Waals surface area contributed by atoms with Gasteiger partial charge in [-0.15, -0.1) is 0 Å². The van der Waals surface area contributed by atoms with Gasteiger partial charge in [0.05, 0.1) is 24.2 Å². The number of aromatic nitrogens is 2. The third kappa shape index (κ3) is 2.81. The van der Waals surface area contributed by atoms with Crippen molar-refractivity contribution in [2.45, 2.75) is 31.9 Å². The van der Waals surface area contributed by atoms with E-state index in [-0.39, 0.29) is 18.0 Å². The van der Waals surface area contributed by atoms with Crippen molar-refractivity contribution in [1.82, 2.24) is 20.0 Å². The number of hydrogen-bond acceptors (Lipinski definition) is 5. The Balaban J connectivity index is 1.57. The molecule has 2 aromatic rings. The molecule has 0 bridgehead atoms. The number of carbonyl (C=O) groups is 2. The van der Waals surface area contributed by atoms with Crippen molar-refractivity contribution in [1.29, 1.82) is 0 Å². The number of carbonyl (C=O) groups excluding carboxylic acids is 2. The predicted octanol–water partition coefficient (Wildman–Crippen LogP) is 0.806. The van der Waals surface area contributed by atoms with Crippen LogP contribution in [0.3, 0.4) is 0 Å². The molecule has 0 radical (unpaired) electrons. The highest BCUT2D eigenvalue weighted by Gasteiger charge is 2.44. The summed E-state index contributed by atoms with van der Waals surface area (Å²) in [6, 6.07) is 7.25. The third-order valence-corrected chi connectivity index (χ3v) is 5.09. The fourth-order valence-electron chi connectivity index (χ4n) is 3.78. The summed E-state index contributed by atoms with van der Waals surface area (Å²) in [5, 5.41) is 8.30. The molecule has 1 atom stereocenters. The first kappa shape index (κ1) is 16.6. The summed E-state index contributed by atoms with van der Waals surface area (Å²) < 4.78 is 6.62. The van der Waals surface area contributed by atoms with E-state index in [1.165, 1.54) is 4.68 Å². The Morgan fingerprint density at radius 2 is 2.08 bits per heavy atom. The first-order chi connectivity index (χ1) is 12.5. The van der Waals surface area contributed by atoms with Gasteiger partial charge in [-0.25, -0.2) is 9.48 Å². The molecule has 136 valence electrons. The molecular weight excluding hydrogens is 336 g/mol. The molecule has 4 rings (SSSR count). The Morgan fingerprint density at radius 1 is 1.31 bits per heavy atom. The quantitative estimate of drug-likeness (QED) is 0.859. The van der Waals surface area contributed by atoms with Crippen LogP contribution in [0.2, 0.25) is 0 Å². The van der Waals surface area contributed by atoms with Crippen LogP contribution in [-0.2, 0) is 16.1 Å². The van der Waals surface area contributed by atoms with Gasteiger partial charge in [-0.1, -0.05) is 18.2 Å². The van der Waals surface area contributed by atoms with Crippen LogP contribution in [0.1, 0.15) is 18.5 Å². The molecule has 2 saturated heterocycles. The van der Waals surface area contributed by atoms with Crippen LogP contribution in [0.15, 0.2) is 29.1 Å². The summed E-state index contributed by atoms with van der Waals surface area (Å²) in [6.07, 6.45) is 1.03. The van der Waals surface area contributed by atoms with Gasteiger partial charge in [-0.2, -0.15) is 5.10 Å². The van der Waals surface area contributed by atoms with Crippen molar-refractivity contribution in [3.63, 3.8) is 0 Å². The zero-order chi connectivity index (χ0) is 18.3. The van der Waals surface area contributed by atoms with Crippen molar-refractivity contribution in [2.75, 3.05) is 19.6 Å². The van der Waals surface area contributed by atoms with Gasteiger partial charge in [-0.05, 0) is 25.8 Å². The van der Waals surface area contributed by atoms with Crippen LogP contribution in [0.5, 0.6) is 0 Å². The molecule has 1 N–H and O–H groups in total. The Hall–Kier alpha value is -2.90. The normalized spacial score (nSPS) is 22.5. The molecule has 2 aliphatic rings. The zero-order valence-corrected chi connectivity index (χ0v) is 14.5. The summed E-state index contributed by atoms with van der Waals surface area (Å²) in [4.78, 5) is 38.4. The average Bonchev–Trinajstić information content (AvgIpc) is 2.99. The van der Waals surface area contributed by atoms with Crippen molar-refractivity contribution >= 4 is 22.8 Å². The van der Waals surface area contributed by atoms with Crippen molar-refractivity contribution in [3.05, 3.63) is 40.3 Å². The fourth-order valence-corrected chi connectivity index (χ4v) is 3.78. The Labute approximate surface area is 149 Å². The number of nitrogens with zero attached hydrogens (tertiary/aromatic N) is 3. The number of piperidine rings is 1. The van der Waals surface area contributed by atoms with Gasteiger partial charge < -0.3 is 15.0 Å². The number of alkyl carbamates (subject to hydrolysis) is 1. The van der Waals surface area contributed by atoms with E-state index in [2.05, 4.69) is 10.4 Å². The molecule has 3 heterocycles. The first-order valence-electron chi connectivity index (χ1n) is 8.69. The molecule has 8 nitrogen and oxygen atoms in total. The van der Waals surface area contributed by atoms with Gasteiger partial charge in [-0.3, -0.25) is 9.59 Å². The van der Waals surface area contributed by atoms with Crippen LogP contribution in [0, 0.1) is 6.92 Å². The van der Waals surface area contributed by atoms with E-state index in [0.29, 0.717) is 30.7 Å². The molecule has 2 fully saturated rings. The largest absolute Gasteiger partial charge is 0.439 e. The van der Waals surface area contributed by atoms with Gasteiger partial charge >= 0.3 is 6.09 Å². The third-order valence-electron chi connectivity index (χ3n) is 5.09. The second-order valence-electron chi connectivity index (χ2n) is 6.94. The SMILES string of the molecule is Cc1nn(CC(=O)N2CCC[C@@]3(CNC(=O)O3)C2)c(=O)c2ccccc12. The van der Waals surface area contributed by atoms with Crippen LogP contribution in [0.4, 0.5) is 4.79 Å². The van der Waals surface area contributed by atoms with Crippen molar-refractivity contribution < 1.29 is 14.3 Å². The molecule has 1 aromatic carbocycles. The van der Waals surface area contributed by atoms with Crippen LogP contribution >= 0.6 is 0 Å². The summed E-state index contributed by atoms with van der Waals surface area (Å²) in [5.74, 6) is -0.198. The summed E-state index contributed by atoms with van der Waals surface area (Å²) in [7, 11) is 0. The number of fused-ring (bicyclic) bond motifs is 1. The Bertz CT molecular complexity index is 954. The van der Waals surface area contributed by atoms with E-state index in [0.717, 1.165) is 18.2 Å². The minimum atomic E-state index is -0.650. The van der Waals surface area contributed by atoms with Gasteiger partial charge in [0.1, 0.15) is 12.1 Å². The van der Waals surface area contributed by atoms with E-state index in [1.54, 1.807) is 17.0 Å². The first-order valence-corrected chi connectivity index (χ1v) is 8.69. The van der Waals surface area contributed by atoms with Crippen molar-refractivity contribution in [2.24, 2.45) is 0 Å². The number of benzene rings is 1. The van der Waals surface area contributed by atoms with Gasteiger partial charge in [0, 0.05) is 11.9 Å². The highest BCUT2D eigenvalue weighted by molar-refractivity contribution is 5.83. The highest BCUT2D eigenvalue weighted by Crippen LogP contribution is 2.28. The zero-order valence-electron chi connectivity index (χ0n) is 14.5. The number of likely N-dealkylation sites (tertiary alicyclic amines) is 1. The smallest absolute Gasteiger partial charge is 0.407 e. The van der Waals surface area contributed by atoms with Crippen LogP contribution in [0.25, 0.3) is 10.8 Å². The molecule has 0 unspecified atom stereocenters. The summed E-state index contributed by atoms with van der Waals surface area (Å²) >= 11 is 0. The molecule has 2 amide bonds. The number of hydrogen-bond donors (Lipinski definition) is 1. The lowest BCUT2D eigenvalue weighted by molar-refractivity contribution is -0.137. The fraction of sp³-hybridized carbons (Fsp3) is 0.444. The molecule has 1 spiro atoms. The van der Waals surface area contributed by atoms with E-state index >= 15 is 0 Å². The molecule has 0 saturated carbocycles. The van der Waals surface area contributed by atoms with Gasteiger partial charge in [0.2, 0.25) is 5.91 Å². The minimum Gasteiger partial charge on any atom is -0.439 e. The van der Waals surface area contributed by atoms with Gasteiger partial charge in [0.25, 0.3) is 5.56 Å². The van der Waals surface area contributed by atoms with E-state index in [4.69, 9.17) is 4.74 Å². The number of nitrogens with one attached hydrogen (secondary N) is 1. The second-order valence-corrected chi connectivity index (χ2v) is 6.94. The molecule has 8 heteroatoms. The predicted molar refractivity (Wildman–Crippen MR) is 93.8 cm³/mol. The topological polar surface area (TPSA) is 93.5 Å². The Kier molecular flexibility index (Phi) is 3.90. The number of aryl methyl sites for hydroxylation is 1. The molecule has 1 aromatic heterocycles. The highest BCUT2D eigenvalue weighted by atomic mass is 16.6. The monoisotopic (exact) mass is 356 g/mol. The lowest BCUT2D eigenvalue weighted by Gasteiger charge is -2.38. The van der Waals surface area contributed by atoms with E-state index in [1.807, 2.05) is 19.1 Å². The maximum atomic E-state index is 12.8. The molecule has 0 aliphatic carbocycles. The van der Waals surface area contributed by atoms with E-state index < -0.39 is 11.7 Å². The number of rotatable bonds is 2. The minimum absolute atomic E-state index is 0.123. The number of amides is 2. The lowest BCUT2D eigenvalue weighted by Crippen LogP contribution is -2.53. The maximum Gasteiger partial charge on any atom is 0.407 e. The van der Waals surface area contributed by atoms with Crippen LogP contribution in [-0.4, -0.2) is 51.9 Å². The standard InChI is InChI=1S/C18H20N4O4/c1-12-13-5-2-3-6-14(13)16(24)22(20-12)9-15(23)21-8-4-7-18(11-21)10-19-17(25)26-18/h2-3,5-6H,4,7-11H2,1H3,(H,19,25)/t18-/m1/s1. The van der Waals surface area contributed by atoms with E-state index in [9.17, 15) is 14.4 Å². The Morgan fingerprint density at radius 3 is 2.81 bits per heavy atom. The maximum absolute atomic E-state index is 12.8. The lowest BCUT2D eigenvalue weighted by atomic mass is 9.93. The van der Waals surface area contributed by atoms with Crippen LogP contribution < -0.4 is 10.9 Å². The molecule has 2 aliphatic heterocycles. The van der Waals surface area contributed by atoms with Crippen molar-refractivity contribution in [3.8, 4) is 0 Å².